The van der Waals surface area contributed by atoms with Gasteiger partial charge in [-0.3, -0.25) is 9.89 Å². The topological polar surface area (TPSA) is 95.0 Å². The van der Waals surface area contributed by atoms with Crippen molar-refractivity contribution in [1.29, 1.82) is 0 Å². The van der Waals surface area contributed by atoms with Gasteiger partial charge in [0.25, 0.3) is 5.91 Å². The summed E-state index contributed by atoms with van der Waals surface area (Å²) in [7, 11) is 0. The Morgan fingerprint density at radius 2 is 1.96 bits per heavy atom. The lowest BCUT2D eigenvalue weighted by molar-refractivity contribution is -0.0483. The van der Waals surface area contributed by atoms with Gasteiger partial charge in [-0.2, -0.15) is 5.10 Å². The Balaban J connectivity index is 1.39. The van der Waals surface area contributed by atoms with Crippen LogP contribution in [-0.4, -0.2) is 48.2 Å². The maximum atomic E-state index is 13.2. The van der Waals surface area contributed by atoms with Crippen molar-refractivity contribution >= 4 is 17.2 Å². The second kappa shape index (κ2) is 6.24. The number of thiophene rings is 1. The summed E-state index contributed by atoms with van der Waals surface area (Å²) >= 11 is 1.55. The fourth-order valence-electron chi connectivity index (χ4n) is 4.47. The fraction of sp³-hybridized carbons (Fsp3) is 0.368. The first-order valence-electron chi connectivity index (χ1n) is 9.02. The number of aromatic nitrogens is 4. The average molecular weight is 381 g/mol. The number of hydrogen-bond donors (Lipinski definition) is 2. The normalized spacial score (nSPS) is 27.1. The molecule has 2 saturated heterocycles. The van der Waals surface area contributed by atoms with Crippen LogP contribution < -0.4 is 0 Å². The van der Waals surface area contributed by atoms with Crippen molar-refractivity contribution in [3.8, 4) is 10.4 Å². The van der Waals surface area contributed by atoms with Gasteiger partial charge in [0.2, 0.25) is 0 Å². The molecule has 2 aliphatic rings. The Hall–Kier alpha value is -2.58. The van der Waals surface area contributed by atoms with Crippen molar-refractivity contribution in [3.63, 3.8) is 0 Å². The molecule has 7 nitrogen and oxygen atoms in total. The second-order valence-electron chi connectivity index (χ2n) is 7.35. The first kappa shape index (κ1) is 16.6. The molecule has 2 fully saturated rings. The Bertz CT molecular complexity index is 942. The summed E-state index contributed by atoms with van der Waals surface area (Å²) in [4.78, 5) is 24.3. The molecule has 27 heavy (non-hydrogen) atoms. The summed E-state index contributed by atoms with van der Waals surface area (Å²) in [5.41, 5.74) is 1.48. The predicted octanol–water partition coefficient (Wildman–Crippen LogP) is 2.58. The predicted molar refractivity (Wildman–Crippen MR) is 100 cm³/mol. The highest BCUT2D eigenvalue weighted by molar-refractivity contribution is 7.13. The van der Waals surface area contributed by atoms with E-state index in [0.29, 0.717) is 18.4 Å². The molecule has 0 saturated carbocycles. The molecule has 0 spiro atoms. The van der Waals surface area contributed by atoms with Crippen molar-refractivity contribution in [2.24, 2.45) is 0 Å². The molecule has 8 heteroatoms. The van der Waals surface area contributed by atoms with Crippen LogP contribution in [0.1, 0.15) is 41.6 Å². The maximum absolute atomic E-state index is 13.2. The summed E-state index contributed by atoms with van der Waals surface area (Å²) in [6.07, 6.45) is 11.3. The lowest BCUT2D eigenvalue weighted by Crippen LogP contribution is -2.52. The van der Waals surface area contributed by atoms with Gasteiger partial charge in [0.05, 0.1) is 17.4 Å². The van der Waals surface area contributed by atoms with Crippen LogP contribution in [0.2, 0.25) is 0 Å². The van der Waals surface area contributed by atoms with E-state index in [0.717, 1.165) is 28.8 Å². The molecule has 0 radical (unpaired) electrons. The number of hydrogen-bond acceptors (Lipinski definition) is 6. The smallest absolute Gasteiger partial charge is 0.255 e. The third kappa shape index (κ3) is 2.76. The third-order valence-corrected chi connectivity index (χ3v) is 6.71. The van der Waals surface area contributed by atoms with Crippen LogP contribution in [0.4, 0.5) is 0 Å². The minimum Gasteiger partial charge on any atom is -0.385 e. The van der Waals surface area contributed by atoms with Gasteiger partial charge in [0.1, 0.15) is 6.33 Å². The van der Waals surface area contributed by atoms with Gasteiger partial charge in [0, 0.05) is 64.9 Å². The molecule has 2 bridgehead atoms. The van der Waals surface area contributed by atoms with Crippen LogP contribution in [0, 0.1) is 0 Å². The van der Waals surface area contributed by atoms with Gasteiger partial charge in [-0.05, 0) is 18.9 Å². The zero-order valence-corrected chi connectivity index (χ0v) is 15.4. The van der Waals surface area contributed by atoms with Crippen LogP contribution in [0.15, 0.2) is 42.6 Å². The molecule has 2 aliphatic heterocycles. The number of fused-ring (bicyclic) bond motifs is 2. The van der Waals surface area contributed by atoms with Gasteiger partial charge < -0.3 is 10.0 Å². The van der Waals surface area contributed by atoms with Crippen LogP contribution >= 0.6 is 11.3 Å². The van der Waals surface area contributed by atoms with Crippen LogP contribution in [0.25, 0.3) is 10.4 Å². The van der Waals surface area contributed by atoms with E-state index >= 15 is 0 Å². The Labute approximate surface area is 160 Å². The highest BCUT2D eigenvalue weighted by Crippen LogP contribution is 2.46. The van der Waals surface area contributed by atoms with Crippen molar-refractivity contribution in [2.45, 2.75) is 43.4 Å². The summed E-state index contributed by atoms with van der Waals surface area (Å²) in [6, 6.07) is 2.01. The Morgan fingerprint density at radius 3 is 2.63 bits per heavy atom. The van der Waals surface area contributed by atoms with Crippen LogP contribution in [-0.2, 0) is 5.60 Å². The highest BCUT2D eigenvalue weighted by Gasteiger charge is 2.50. The molecule has 3 aromatic rings. The van der Waals surface area contributed by atoms with Gasteiger partial charge in [-0.15, -0.1) is 11.3 Å². The largest absolute Gasteiger partial charge is 0.385 e. The fourth-order valence-corrected chi connectivity index (χ4v) is 5.33. The van der Waals surface area contributed by atoms with Crippen LogP contribution in [0.5, 0.6) is 0 Å². The van der Waals surface area contributed by atoms with Crippen molar-refractivity contribution in [2.75, 3.05) is 0 Å². The minimum atomic E-state index is -0.958. The average Bonchev–Trinajstić information content (AvgIpc) is 3.41. The molecule has 0 aromatic carbocycles. The molecule has 5 heterocycles. The number of aliphatic hydroxyl groups is 1. The molecule has 5 rings (SSSR count). The molecular formula is C19H19N5O2S. The van der Waals surface area contributed by atoms with E-state index in [1.165, 1.54) is 6.33 Å². The SMILES string of the molecule is O=C(c1csc(-c2cn[nH]c2)c1)N1C2CCC1CC(O)(c1cncnc1)C2. The summed E-state index contributed by atoms with van der Waals surface area (Å²) in [5.74, 6) is 0.0554. The molecular weight excluding hydrogens is 362 g/mol. The van der Waals surface area contributed by atoms with E-state index in [4.69, 9.17) is 0 Å². The zero-order valence-electron chi connectivity index (χ0n) is 14.6. The van der Waals surface area contributed by atoms with Crippen molar-refractivity contribution < 1.29 is 9.90 Å². The lowest BCUT2D eigenvalue weighted by atomic mass is 9.81. The number of aromatic amines is 1. The first-order chi connectivity index (χ1) is 13.1. The second-order valence-corrected chi connectivity index (χ2v) is 8.26. The number of nitrogens with zero attached hydrogens (tertiary/aromatic N) is 4. The van der Waals surface area contributed by atoms with E-state index in [-0.39, 0.29) is 18.0 Å². The van der Waals surface area contributed by atoms with E-state index < -0.39 is 5.60 Å². The van der Waals surface area contributed by atoms with Gasteiger partial charge in [-0.25, -0.2) is 9.97 Å². The zero-order chi connectivity index (χ0) is 18.4. The minimum absolute atomic E-state index is 0.0405. The monoisotopic (exact) mass is 381 g/mol. The molecule has 2 unspecified atom stereocenters. The summed E-state index contributed by atoms with van der Waals surface area (Å²) < 4.78 is 0. The van der Waals surface area contributed by atoms with E-state index in [1.807, 2.05) is 22.5 Å². The first-order valence-corrected chi connectivity index (χ1v) is 9.90. The quantitative estimate of drug-likeness (QED) is 0.727. The molecule has 138 valence electrons. The number of carbonyl (C=O) groups is 1. The number of H-pyrrole nitrogens is 1. The van der Waals surface area contributed by atoms with E-state index in [9.17, 15) is 9.90 Å². The molecule has 2 N–H and O–H groups in total. The molecule has 3 aromatic heterocycles. The van der Waals surface area contributed by atoms with Crippen LogP contribution in [0.3, 0.4) is 0 Å². The molecule has 2 atom stereocenters. The van der Waals surface area contributed by atoms with Gasteiger partial charge >= 0.3 is 0 Å². The number of nitrogens with one attached hydrogen (secondary N) is 1. The summed E-state index contributed by atoms with van der Waals surface area (Å²) in [6.45, 7) is 0. The van der Waals surface area contributed by atoms with E-state index in [1.54, 1.807) is 29.9 Å². The van der Waals surface area contributed by atoms with Crippen molar-refractivity contribution in [1.82, 2.24) is 25.1 Å². The standard InChI is InChI=1S/C19H19N5O2S/c25-18(12-3-17(27-10-12)13-6-22-23-7-13)24-15-1-2-16(24)5-19(26,4-15)14-8-20-11-21-9-14/h3,6-11,15-16,26H,1-2,4-5H2,(H,22,23). The summed E-state index contributed by atoms with van der Waals surface area (Å²) in [5, 5.41) is 19.9. The van der Waals surface area contributed by atoms with Crippen molar-refractivity contribution in [3.05, 3.63) is 53.7 Å². The number of carbonyl (C=O) groups excluding carboxylic acids is 1. The third-order valence-electron chi connectivity index (χ3n) is 5.73. The number of rotatable bonds is 3. The highest BCUT2D eigenvalue weighted by atomic mass is 32.1. The molecule has 0 aliphatic carbocycles. The van der Waals surface area contributed by atoms with Gasteiger partial charge in [0.15, 0.2) is 0 Å². The lowest BCUT2D eigenvalue weighted by Gasteiger charge is -2.43. The number of piperidine rings is 1. The molecule has 1 amide bonds. The number of amides is 1. The van der Waals surface area contributed by atoms with Gasteiger partial charge in [-0.1, -0.05) is 0 Å². The Kier molecular flexibility index (Phi) is 3.84. The Morgan fingerprint density at radius 1 is 1.22 bits per heavy atom. The van der Waals surface area contributed by atoms with E-state index in [2.05, 4.69) is 20.2 Å². The maximum Gasteiger partial charge on any atom is 0.255 e.